The van der Waals surface area contributed by atoms with Gasteiger partial charge in [0.1, 0.15) is 0 Å². The number of rotatable bonds is 7. The van der Waals surface area contributed by atoms with Gasteiger partial charge in [-0.15, -0.1) is 0 Å². The summed E-state index contributed by atoms with van der Waals surface area (Å²) in [7, 11) is 0. The number of morpholine rings is 1. The molecule has 1 aromatic carbocycles. The smallest absolute Gasteiger partial charge is 0.230 e. The van der Waals surface area contributed by atoms with Crippen molar-refractivity contribution >= 4 is 17.3 Å². The number of nitrogens with one attached hydrogen (secondary N) is 1. The molecule has 0 bridgehead atoms. The maximum Gasteiger partial charge on any atom is 0.230 e. The molecule has 1 saturated carbocycles. The molecule has 4 rings (SSSR count). The van der Waals surface area contributed by atoms with Gasteiger partial charge in [0.15, 0.2) is 0 Å². The number of aromatic nitrogens is 2. The van der Waals surface area contributed by atoms with Crippen LogP contribution in [0.1, 0.15) is 25.7 Å². The van der Waals surface area contributed by atoms with Crippen LogP contribution in [0.25, 0.3) is 0 Å². The average Bonchev–Trinajstić information content (AvgIpc) is 2.79. The molecule has 29 heavy (non-hydrogen) atoms. The molecule has 0 spiro atoms. The fourth-order valence-electron chi connectivity index (χ4n) is 4.03. The minimum Gasteiger partial charge on any atom is -0.477 e. The highest BCUT2D eigenvalue weighted by atomic mass is 16.5. The number of ether oxygens (including phenoxy) is 2. The maximum absolute atomic E-state index is 5.95. The van der Waals surface area contributed by atoms with E-state index in [1.54, 1.807) is 6.20 Å². The van der Waals surface area contributed by atoms with Gasteiger partial charge < -0.3 is 25.4 Å². The van der Waals surface area contributed by atoms with Gasteiger partial charge >= 0.3 is 0 Å². The van der Waals surface area contributed by atoms with Crippen molar-refractivity contribution in [2.24, 2.45) is 17.6 Å². The lowest BCUT2D eigenvalue weighted by Crippen LogP contribution is -2.36. The van der Waals surface area contributed by atoms with Gasteiger partial charge in [0, 0.05) is 36.7 Å². The van der Waals surface area contributed by atoms with Crippen LogP contribution in [0, 0.1) is 11.8 Å². The van der Waals surface area contributed by atoms with Crippen LogP contribution in [0.2, 0.25) is 0 Å². The van der Waals surface area contributed by atoms with E-state index in [1.807, 2.05) is 6.07 Å². The van der Waals surface area contributed by atoms with E-state index in [4.69, 9.17) is 15.2 Å². The first-order chi connectivity index (χ1) is 14.3. The Morgan fingerprint density at radius 2 is 1.76 bits per heavy atom. The summed E-state index contributed by atoms with van der Waals surface area (Å²) >= 11 is 0. The molecule has 0 radical (unpaired) electrons. The molecule has 7 nitrogen and oxygen atoms in total. The molecular formula is C22H31N5O2. The van der Waals surface area contributed by atoms with Crippen LogP contribution in [-0.2, 0) is 4.74 Å². The third kappa shape index (κ3) is 5.58. The van der Waals surface area contributed by atoms with E-state index in [0.717, 1.165) is 38.5 Å². The fraction of sp³-hybridized carbons (Fsp3) is 0.545. The number of hydrogen-bond donors (Lipinski definition) is 2. The Kier molecular flexibility index (Phi) is 6.79. The summed E-state index contributed by atoms with van der Waals surface area (Å²) in [5.41, 5.74) is 7.94. The van der Waals surface area contributed by atoms with E-state index in [1.165, 1.54) is 31.4 Å². The quantitative estimate of drug-likeness (QED) is 0.742. The molecular weight excluding hydrogens is 366 g/mol. The zero-order valence-corrected chi connectivity index (χ0v) is 16.9. The number of nitrogens with zero attached hydrogens (tertiary/aromatic N) is 3. The molecule has 1 aliphatic heterocycles. The molecule has 0 amide bonds. The lowest BCUT2D eigenvalue weighted by molar-refractivity contribution is 0.122. The zero-order chi connectivity index (χ0) is 19.9. The summed E-state index contributed by atoms with van der Waals surface area (Å²) in [5, 5.41) is 3.27. The van der Waals surface area contributed by atoms with Crippen molar-refractivity contribution in [1.29, 1.82) is 0 Å². The highest BCUT2D eigenvalue weighted by Gasteiger charge is 2.20. The Morgan fingerprint density at radius 3 is 2.48 bits per heavy atom. The number of nitrogens with two attached hydrogens (primary N) is 1. The van der Waals surface area contributed by atoms with Gasteiger partial charge in [0.25, 0.3) is 0 Å². The van der Waals surface area contributed by atoms with Crippen LogP contribution < -0.4 is 20.7 Å². The van der Waals surface area contributed by atoms with E-state index >= 15 is 0 Å². The summed E-state index contributed by atoms with van der Waals surface area (Å²) in [6.07, 6.45) is 6.53. The molecule has 2 fully saturated rings. The Bertz CT molecular complexity index is 756. The van der Waals surface area contributed by atoms with Crippen LogP contribution in [0.3, 0.4) is 0 Å². The molecule has 0 atom stereocenters. The monoisotopic (exact) mass is 397 g/mol. The molecule has 1 aliphatic carbocycles. The number of hydrogen-bond acceptors (Lipinski definition) is 7. The summed E-state index contributed by atoms with van der Waals surface area (Å²) in [6, 6.07) is 10.2. The van der Waals surface area contributed by atoms with E-state index in [2.05, 4.69) is 44.5 Å². The number of anilines is 3. The van der Waals surface area contributed by atoms with Gasteiger partial charge in [0.05, 0.1) is 19.8 Å². The number of benzene rings is 1. The standard InChI is InChI=1S/C22H31N5O2/c23-15-17-1-3-18(4-2-17)16-29-21-9-10-24-22(26-21)25-19-5-7-20(8-6-19)27-11-13-28-14-12-27/h5-10,17-18H,1-4,11-16,23H2,(H,24,25,26). The lowest BCUT2D eigenvalue weighted by Gasteiger charge is -2.28. The van der Waals surface area contributed by atoms with E-state index < -0.39 is 0 Å². The zero-order valence-electron chi connectivity index (χ0n) is 16.9. The summed E-state index contributed by atoms with van der Waals surface area (Å²) < 4.78 is 11.4. The van der Waals surface area contributed by atoms with Crippen LogP contribution in [0.15, 0.2) is 36.5 Å². The Balaban J connectivity index is 1.29. The van der Waals surface area contributed by atoms with Crippen molar-refractivity contribution in [2.45, 2.75) is 25.7 Å². The largest absolute Gasteiger partial charge is 0.477 e. The Labute approximate surface area is 172 Å². The van der Waals surface area contributed by atoms with Crippen LogP contribution >= 0.6 is 0 Å². The fourth-order valence-corrected chi connectivity index (χ4v) is 4.03. The SMILES string of the molecule is NCC1CCC(COc2ccnc(Nc3ccc(N4CCOCC4)cc3)n2)CC1. The van der Waals surface area contributed by atoms with Crippen molar-refractivity contribution < 1.29 is 9.47 Å². The van der Waals surface area contributed by atoms with Gasteiger partial charge in [0.2, 0.25) is 11.8 Å². The molecule has 1 aromatic heterocycles. The molecule has 3 N–H and O–H groups in total. The van der Waals surface area contributed by atoms with Crippen molar-refractivity contribution in [3.63, 3.8) is 0 Å². The Morgan fingerprint density at radius 1 is 1.03 bits per heavy atom. The topological polar surface area (TPSA) is 85.5 Å². The van der Waals surface area contributed by atoms with Crippen molar-refractivity contribution in [1.82, 2.24) is 9.97 Å². The van der Waals surface area contributed by atoms with Crippen molar-refractivity contribution in [3.8, 4) is 5.88 Å². The average molecular weight is 398 g/mol. The van der Waals surface area contributed by atoms with Gasteiger partial charge in [-0.05, 0) is 68.3 Å². The second kappa shape index (κ2) is 9.89. The van der Waals surface area contributed by atoms with Crippen molar-refractivity contribution in [2.75, 3.05) is 49.7 Å². The van der Waals surface area contributed by atoms with Gasteiger partial charge in [-0.1, -0.05) is 0 Å². The predicted molar refractivity (Wildman–Crippen MR) is 115 cm³/mol. The second-order valence-corrected chi connectivity index (χ2v) is 7.92. The summed E-state index contributed by atoms with van der Waals surface area (Å²) in [6.45, 7) is 4.96. The predicted octanol–water partition coefficient (Wildman–Crippen LogP) is 3.20. The van der Waals surface area contributed by atoms with Gasteiger partial charge in [-0.3, -0.25) is 0 Å². The molecule has 2 aliphatic rings. The molecule has 2 heterocycles. The molecule has 1 saturated heterocycles. The Hall–Kier alpha value is -2.38. The molecule has 7 heteroatoms. The first-order valence-corrected chi connectivity index (χ1v) is 10.7. The molecule has 2 aromatic rings. The third-order valence-corrected chi connectivity index (χ3v) is 5.90. The highest BCUT2D eigenvalue weighted by molar-refractivity contribution is 5.59. The van der Waals surface area contributed by atoms with Crippen LogP contribution in [0.4, 0.5) is 17.3 Å². The van der Waals surface area contributed by atoms with E-state index in [-0.39, 0.29) is 0 Å². The van der Waals surface area contributed by atoms with Gasteiger partial charge in [-0.25, -0.2) is 4.98 Å². The summed E-state index contributed by atoms with van der Waals surface area (Å²) in [4.78, 5) is 11.2. The summed E-state index contributed by atoms with van der Waals surface area (Å²) in [5.74, 6) is 2.45. The first-order valence-electron chi connectivity index (χ1n) is 10.7. The minimum absolute atomic E-state index is 0.550. The second-order valence-electron chi connectivity index (χ2n) is 7.92. The highest BCUT2D eigenvalue weighted by Crippen LogP contribution is 2.28. The van der Waals surface area contributed by atoms with Crippen LogP contribution in [0.5, 0.6) is 5.88 Å². The maximum atomic E-state index is 5.95. The molecule has 0 unspecified atom stereocenters. The van der Waals surface area contributed by atoms with E-state index in [0.29, 0.717) is 30.3 Å². The normalized spacial score (nSPS) is 22.3. The lowest BCUT2D eigenvalue weighted by atomic mass is 9.82. The van der Waals surface area contributed by atoms with E-state index in [9.17, 15) is 0 Å². The first kappa shape index (κ1) is 19.9. The minimum atomic E-state index is 0.550. The van der Waals surface area contributed by atoms with Gasteiger partial charge in [-0.2, -0.15) is 4.98 Å². The van der Waals surface area contributed by atoms with Crippen LogP contribution in [-0.4, -0.2) is 49.4 Å². The molecule has 156 valence electrons. The van der Waals surface area contributed by atoms with Crippen molar-refractivity contribution in [3.05, 3.63) is 36.5 Å². The third-order valence-electron chi connectivity index (χ3n) is 5.90.